The van der Waals surface area contributed by atoms with E-state index in [0.29, 0.717) is 48.4 Å². The minimum absolute atomic E-state index is 0.0303. The summed E-state index contributed by atoms with van der Waals surface area (Å²) in [5.74, 6) is 1.95. The lowest BCUT2D eigenvalue weighted by atomic mass is 9.99. The molecule has 2 N–H and O–H groups in total. The Balaban J connectivity index is 1.28. The first-order valence-corrected chi connectivity index (χ1v) is 12.4. The van der Waals surface area contributed by atoms with Crippen LogP contribution in [0, 0.1) is 5.92 Å². The molecule has 3 atom stereocenters. The largest absolute Gasteiger partial charge is 0.486 e. The standard InChI is InChI=1S/C25H31ClN4O4/c26-19-4-6-23(27-14-19)30-10-7-18(15-30)25(32)28-20(16-29-8-1-2-9-29)24(31)17-3-5-21-22(13-17)34-12-11-33-21/h3-6,13-14,18,20,24,31H,1-2,7-12,15-16H2,(H,28,32)/t18?,20-,24-/m1/s1. The normalized spacial score (nSPS) is 21.9. The number of ether oxygens (including phenoxy) is 2. The van der Waals surface area contributed by atoms with Crippen molar-refractivity contribution in [2.45, 2.75) is 31.4 Å². The van der Waals surface area contributed by atoms with Crippen LogP contribution < -0.4 is 19.7 Å². The molecule has 3 aliphatic rings. The molecule has 2 aromatic rings. The van der Waals surface area contributed by atoms with Gasteiger partial charge in [0.1, 0.15) is 25.1 Å². The predicted molar refractivity (Wildman–Crippen MR) is 130 cm³/mol. The fourth-order valence-corrected chi connectivity index (χ4v) is 5.09. The Morgan fingerprint density at radius 1 is 1.15 bits per heavy atom. The molecule has 34 heavy (non-hydrogen) atoms. The lowest BCUT2D eigenvalue weighted by molar-refractivity contribution is -0.126. The summed E-state index contributed by atoms with van der Waals surface area (Å²) in [5.41, 5.74) is 0.715. The Kier molecular flexibility index (Phi) is 7.08. The van der Waals surface area contributed by atoms with Crippen LogP contribution in [0.3, 0.4) is 0 Å². The third kappa shape index (κ3) is 5.24. The Labute approximate surface area is 204 Å². The van der Waals surface area contributed by atoms with Crippen LogP contribution in [0.15, 0.2) is 36.5 Å². The van der Waals surface area contributed by atoms with Crippen molar-refractivity contribution in [2.24, 2.45) is 5.92 Å². The summed E-state index contributed by atoms with van der Waals surface area (Å²) in [6, 6.07) is 8.78. The van der Waals surface area contributed by atoms with Crippen LogP contribution in [0.2, 0.25) is 5.02 Å². The van der Waals surface area contributed by atoms with Gasteiger partial charge >= 0.3 is 0 Å². The number of likely N-dealkylation sites (tertiary alicyclic amines) is 1. The Morgan fingerprint density at radius 2 is 1.94 bits per heavy atom. The van der Waals surface area contributed by atoms with Crippen molar-refractivity contribution >= 4 is 23.3 Å². The fourth-order valence-electron chi connectivity index (χ4n) is 4.98. The van der Waals surface area contributed by atoms with Gasteiger partial charge < -0.3 is 29.7 Å². The van der Waals surface area contributed by atoms with Gasteiger partial charge in [-0.3, -0.25) is 4.79 Å². The van der Waals surface area contributed by atoms with Crippen LogP contribution in [-0.2, 0) is 4.79 Å². The topological polar surface area (TPSA) is 87.2 Å². The molecule has 5 rings (SSSR count). The van der Waals surface area contributed by atoms with Crippen LogP contribution in [0.25, 0.3) is 0 Å². The van der Waals surface area contributed by atoms with Crippen LogP contribution in [0.5, 0.6) is 11.5 Å². The molecule has 0 spiro atoms. The molecule has 0 saturated carbocycles. The first-order chi connectivity index (χ1) is 16.6. The number of fused-ring (bicyclic) bond motifs is 1. The quantitative estimate of drug-likeness (QED) is 0.622. The summed E-state index contributed by atoms with van der Waals surface area (Å²) in [4.78, 5) is 22.1. The lowest BCUT2D eigenvalue weighted by Crippen LogP contribution is -2.48. The minimum atomic E-state index is -0.851. The highest BCUT2D eigenvalue weighted by Gasteiger charge is 2.33. The van der Waals surface area contributed by atoms with Gasteiger partial charge in [0.15, 0.2) is 11.5 Å². The number of nitrogens with one attached hydrogen (secondary N) is 1. The van der Waals surface area contributed by atoms with Crippen molar-refractivity contribution in [3.05, 3.63) is 47.1 Å². The fraction of sp³-hybridized carbons (Fsp3) is 0.520. The van der Waals surface area contributed by atoms with E-state index < -0.39 is 12.1 Å². The summed E-state index contributed by atoms with van der Waals surface area (Å²) in [6.07, 6.45) is 3.81. The van der Waals surface area contributed by atoms with Crippen molar-refractivity contribution in [3.8, 4) is 11.5 Å². The van der Waals surface area contributed by atoms with Crippen LogP contribution in [0.1, 0.15) is 30.9 Å². The number of benzene rings is 1. The smallest absolute Gasteiger partial charge is 0.225 e. The molecule has 2 saturated heterocycles. The number of amides is 1. The van der Waals surface area contributed by atoms with Gasteiger partial charge in [-0.2, -0.15) is 0 Å². The van der Waals surface area contributed by atoms with Crippen molar-refractivity contribution in [1.29, 1.82) is 0 Å². The van der Waals surface area contributed by atoms with E-state index in [1.165, 1.54) is 0 Å². The van der Waals surface area contributed by atoms with E-state index in [2.05, 4.69) is 20.1 Å². The van der Waals surface area contributed by atoms with Crippen LogP contribution in [0.4, 0.5) is 5.82 Å². The molecule has 0 radical (unpaired) electrons. The number of pyridine rings is 1. The average molecular weight is 487 g/mol. The highest BCUT2D eigenvalue weighted by molar-refractivity contribution is 6.30. The van der Waals surface area contributed by atoms with E-state index in [1.54, 1.807) is 6.20 Å². The zero-order chi connectivity index (χ0) is 23.5. The van der Waals surface area contributed by atoms with E-state index in [0.717, 1.165) is 44.7 Å². The summed E-state index contributed by atoms with van der Waals surface area (Å²) < 4.78 is 11.3. The van der Waals surface area contributed by atoms with Gasteiger partial charge in [0.25, 0.3) is 0 Å². The van der Waals surface area contributed by atoms with Gasteiger partial charge in [0, 0.05) is 25.8 Å². The van der Waals surface area contributed by atoms with Crippen molar-refractivity contribution in [3.63, 3.8) is 0 Å². The highest BCUT2D eigenvalue weighted by Crippen LogP contribution is 2.34. The Hall–Kier alpha value is -2.55. The maximum absolute atomic E-state index is 13.3. The summed E-state index contributed by atoms with van der Waals surface area (Å²) in [6.45, 7) is 4.94. The Morgan fingerprint density at radius 3 is 2.71 bits per heavy atom. The number of nitrogens with zero attached hydrogens (tertiary/aromatic N) is 3. The predicted octanol–water partition coefficient (Wildman–Crippen LogP) is 2.65. The van der Waals surface area contributed by atoms with Crippen LogP contribution >= 0.6 is 11.6 Å². The Bertz CT molecular complexity index is 999. The molecular weight excluding hydrogens is 456 g/mol. The molecule has 0 aliphatic carbocycles. The number of hydrogen-bond donors (Lipinski definition) is 2. The van der Waals surface area contributed by atoms with Crippen molar-refractivity contribution in [1.82, 2.24) is 15.2 Å². The number of halogens is 1. The van der Waals surface area contributed by atoms with E-state index in [4.69, 9.17) is 21.1 Å². The molecule has 1 unspecified atom stereocenters. The summed E-state index contributed by atoms with van der Waals surface area (Å²) in [5, 5.41) is 15.1. The molecule has 1 aromatic heterocycles. The zero-order valence-electron chi connectivity index (χ0n) is 19.2. The summed E-state index contributed by atoms with van der Waals surface area (Å²) >= 11 is 5.96. The molecule has 9 heteroatoms. The van der Waals surface area contributed by atoms with Crippen molar-refractivity contribution < 1.29 is 19.4 Å². The monoisotopic (exact) mass is 486 g/mol. The maximum atomic E-state index is 13.3. The van der Waals surface area contributed by atoms with E-state index in [9.17, 15) is 9.90 Å². The second-order valence-electron chi connectivity index (χ2n) is 9.24. The van der Waals surface area contributed by atoms with Gasteiger partial charge in [-0.05, 0) is 62.2 Å². The van der Waals surface area contributed by atoms with Crippen molar-refractivity contribution in [2.75, 3.05) is 50.8 Å². The van der Waals surface area contributed by atoms with Gasteiger partial charge in [-0.15, -0.1) is 0 Å². The second-order valence-corrected chi connectivity index (χ2v) is 9.67. The van der Waals surface area contributed by atoms with Gasteiger partial charge in [-0.25, -0.2) is 4.98 Å². The minimum Gasteiger partial charge on any atom is -0.486 e. The SMILES string of the molecule is O=C(N[C@H](CN1CCCC1)[C@H](O)c1ccc2c(c1)OCCO2)C1CCN(c2ccc(Cl)cn2)C1. The van der Waals surface area contributed by atoms with E-state index >= 15 is 0 Å². The third-order valence-corrected chi connectivity index (χ3v) is 7.09. The molecule has 1 aromatic carbocycles. The molecule has 0 bridgehead atoms. The number of anilines is 1. The van der Waals surface area contributed by atoms with Gasteiger partial charge in [-0.1, -0.05) is 17.7 Å². The maximum Gasteiger partial charge on any atom is 0.225 e. The van der Waals surface area contributed by atoms with Gasteiger partial charge in [0.05, 0.1) is 17.0 Å². The number of rotatable bonds is 7. The number of hydrogen-bond acceptors (Lipinski definition) is 7. The van der Waals surface area contributed by atoms with E-state index in [1.807, 2.05) is 30.3 Å². The molecule has 182 valence electrons. The number of carbonyl (C=O) groups is 1. The number of carbonyl (C=O) groups excluding carboxylic acids is 1. The van der Waals surface area contributed by atoms with Crippen LogP contribution in [-0.4, -0.2) is 72.9 Å². The second kappa shape index (κ2) is 10.4. The van der Waals surface area contributed by atoms with E-state index in [-0.39, 0.29) is 11.8 Å². The average Bonchev–Trinajstić information content (AvgIpc) is 3.56. The third-order valence-electron chi connectivity index (χ3n) is 6.86. The number of aliphatic hydroxyl groups is 1. The number of aromatic nitrogens is 1. The molecular formula is C25H31ClN4O4. The first-order valence-electron chi connectivity index (χ1n) is 12.0. The molecule has 1 amide bonds. The molecule has 4 heterocycles. The molecule has 8 nitrogen and oxygen atoms in total. The zero-order valence-corrected chi connectivity index (χ0v) is 19.9. The van der Waals surface area contributed by atoms with Gasteiger partial charge in [0.2, 0.25) is 5.91 Å². The lowest BCUT2D eigenvalue weighted by Gasteiger charge is -2.30. The molecule has 2 fully saturated rings. The molecule has 3 aliphatic heterocycles. The first kappa shape index (κ1) is 23.2. The summed E-state index contributed by atoms with van der Waals surface area (Å²) in [7, 11) is 0. The number of aliphatic hydroxyl groups excluding tert-OH is 1. The highest BCUT2D eigenvalue weighted by atomic mass is 35.5.